The predicted octanol–water partition coefficient (Wildman–Crippen LogP) is 2.16. The summed E-state index contributed by atoms with van der Waals surface area (Å²) in [6.07, 6.45) is 0. The van der Waals surface area contributed by atoms with E-state index in [0.717, 1.165) is 0 Å². The van der Waals surface area contributed by atoms with Crippen molar-refractivity contribution >= 4 is 11.8 Å². The van der Waals surface area contributed by atoms with Gasteiger partial charge in [0, 0.05) is 0 Å². The van der Waals surface area contributed by atoms with Gasteiger partial charge in [-0.3, -0.25) is 9.59 Å². The number of phenolic OH excluding ortho intramolecular Hbond substituents is 1. The Morgan fingerprint density at radius 1 is 1.04 bits per heavy atom. The Balaban J connectivity index is 2.50. The number of rotatable bonds is 5. The molecule has 120 valence electrons. The second kappa shape index (κ2) is 6.52. The molecule has 2 rings (SSSR count). The molecule has 1 atom stereocenters. The van der Waals surface area contributed by atoms with Crippen molar-refractivity contribution in [1.29, 1.82) is 0 Å². The Hall–Kier alpha value is -2.82. The number of carbonyl (C=O) groups is 2. The Morgan fingerprint density at radius 2 is 1.61 bits per heavy atom. The van der Waals surface area contributed by atoms with E-state index in [1.807, 2.05) is 19.9 Å². The molecular formula is C18H20N2O3. The van der Waals surface area contributed by atoms with Gasteiger partial charge in [0.2, 0.25) is 5.91 Å². The summed E-state index contributed by atoms with van der Waals surface area (Å²) < 4.78 is 0. The molecule has 0 bridgehead atoms. The van der Waals surface area contributed by atoms with E-state index in [1.54, 1.807) is 36.4 Å². The van der Waals surface area contributed by atoms with Gasteiger partial charge in [-0.2, -0.15) is 0 Å². The Bertz CT molecular complexity index is 713. The van der Waals surface area contributed by atoms with Crippen molar-refractivity contribution in [3.8, 4) is 5.75 Å². The zero-order chi connectivity index (χ0) is 17.0. The molecule has 4 N–H and O–H groups in total. The first-order chi connectivity index (χ1) is 10.9. The van der Waals surface area contributed by atoms with Crippen molar-refractivity contribution in [2.75, 3.05) is 0 Å². The minimum atomic E-state index is -1.36. The second-order valence-electron chi connectivity index (χ2n) is 5.66. The normalized spacial score (nSPS) is 13.3. The molecule has 0 aromatic heterocycles. The Morgan fingerprint density at radius 3 is 2.13 bits per heavy atom. The van der Waals surface area contributed by atoms with Gasteiger partial charge in [0.25, 0.3) is 5.91 Å². The fourth-order valence-electron chi connectivity index (χ4n) is 2.65. The molecule has 5 heteroatoms. The van der Waals surface area contributed by atoms with Gasteiger partial charge in [-0.1, -0.05) is 56.3 Å². The van der Waals surface area contributed by atoms with Gasteiger partial charge in [0.05, 0.1) is 5.56 Å². The molecule has 0 heterocycles. The fraction of sp³-hybridized carbons (Fsp3) is 0.222. The van der Waals surface area contributed by atoms with E-state index < -0.39 is 17.4 Å². The number of hydrogen-bond acceptors (Lipinski definition) is 3. The molecule has 0 aliphatic rings. The Kier molecular flexibility index (Phi) is 4.69. The molecule has 0 fully saturated rings. The smallest absolute Gasteiger partial charge is 0.256 e. The number of carbonyl (C=O) groups excluding carboxylic acids is 2. The molecule has 2 aromatic carbocycles. The van der Waals surface area contributed by atoms with Gasteiger partial charge in [-0.25, -0.2) is 0 Å². The number of phenols is 1. The van der Waals surface area contributed by atoms with E-state index in [1.165, 1.54) is 12.1 Å². The molecule has 23 heavy (non-hydrogen) atoms. The van der Waals surface area contributed by atoms with Crippen molar-refractivity contribution in [1.82, 2.24) is 5.32 Å². The number of aromatic hydroxyl groups is 1. The van der Waals surface area contributed by atoms with Gasteiger partial charge < -0.3 is 16.2 Å². The van der Waals surface area contributed by atoms with E-state index in [9.17, 15) is 14.7 Å². The number of amides is 2. The zero-order valence-corrected chi connectivity index (χ0v) is 13.1. The predicted molar refractivity (Wildman–Crippen MR) is 87.7 cm³/mol. The molecule has 0 aliphatic carbocycles. The molecule has 1 unspecified atom stereocenters. The van der Waals surface area contributed by atoms with Gasteiger partial charge in [-0.15, -0.1) is 0 Å². The molecule has 0 saturated carbocycles. The van der Waals surface area contributed by atoms with Crippen LogP contribution in [0.4, 0.5) is 0 Å². The van der Waals surface area contributed by atoms with Gasteiger partial charge in [0.15, 0.2) is 0 Å². The number of hydrogen-bond donors (Lipinski definition) is 3. The lowest BCUT2D eigenvalue weighted by molar-refractivity contribution is -0.126. The topological polar surface area (TPSA) is 92.4 Å². The SMILES string of the molecule is CC(C)C(NC(=O)c1ccccc1O)(C(N)=O)c1ccccc1. The molecule has 0 radical (unpaired) electrons. The van der Waals surface area contributed by atoms with Crippen LogP contribution < -0.4 is 11.1 Å². The largest absolute Gasteiger partial charge is 0.507 e. The first-order valence-corrected chi connectivity index (χ1v) is 7.35. The first kappa shape index (κ1) is 16.5. The molecule has 0 spiro atoms. The molecule has 2 aromatic rings. The number of nitrogens with two attached hydrogens (primary N) is 1. The van der Waals surface area contributed by atoms with Gasteiger partial charge >= 0.3 is 0 Å². The van der Waals surface area contributed by atoms with Crippen LogP contribution in [0, 0.1) is 5.92 Å². The van der Waals surface area contributed by atoms with Crippen LogP contribution in [0.25, 0.3) is 0 Å². The maximum absolute atomic E-state index is 12.6. The van der Waals surface area contributed by atoms with Crippen molar-refractivity contribution in [2.24, 2.45) is 11.7 Å². The fourth-order valence-corrected chi connectivity index (χ4v) is 2.65. The summed E-state index contributed by atoms with van der Waals surface area (Å²) >= 11 is 0. The summed E-state index contributed by atoms with van der Waals surface area (Å²) in [6, 6.07) is 15.0. The highest BCUT2D eigenvalue weighted by atomic mass is 16.3. The quantitative estimate of drug-likeness (QED) is 0.790. The third-order valence-corrected chi connectivity index (χ3v) is 3.94. The highest BCUT2D eigenvalue weighted by Gasteiger charge is 2.43. The van der Waals surface area contributed by atoms with Crippen LogP contribution in [-0.2, 0) is 10.3 Å². The molecule has 2 amide bonds. The number of primary amides is 1. The standard InChI is InChI=1S/C18H20N2O3/c1-12(2)18(17(19)23,13-8-4-3-5-9-13)20-16(22)14-10-6-7-11-15(14)21/h3-12,21H,1-2H3,(H2,19,23)(H,20,22). The summed E-state index contributed by atoms with van der Waals surface area (Å²) in [5.41, 5.74) is 4.99. The van der Waals surface area contributed by atoms with E-state index in [0.29, 0.717) is 5.56 Å². The number of nitrogens with one attached hydrogen (secondary N) is 1. The lowest BCUT2D eigenvalue weighted by Gasteiger charge is -2.36. The summed E-state index contributed by atoms with van der Waals surface area (Å²) in [4.78, 5) is 24.8. The Labute approximate surface area is 135 Å². The maximum atomic E-state index is 12.6. The summed E-state index contributed by atoms with van der Waals surface area (Å²) in [6.45, 7) is 3.62. The number of para-hydroxylation sites is 1. The van der Waals surface area contributed by atoms with E-state index in [2.05, 4.69) is 5.32 Å². The third-order valence-electron chi connectivity index (χ3n) is 3.94. The second-order valence-corrected chi connectivity index (χ2v) is 5.66. The zero-order valence-electron chi connectivity index (χ0n) is 13.1. The average molecular weight is 312 g/mol. The van der Waals surface area contributed by atoms with Gasteiger partial charge in [-0.05, 0) is 23.6 Å². The molecule has 0 aliphatic heterocycles. The molecule has 5 nitrogen and oxygen atoms in total. The van der Waals surface area contributed by atoms with Crippen LogP contribution in [0.3, 0.4) is 0 Å². The van der Waals surface area contributed by atoms with Gasteiger partial charge in [0.1, 0.15) is 11.3 Å². The van der Waals surface area contributed by atoms with Crippen molar-refractivity contribution in [3.63, 3.8) is 0 Å². The molecular weight excluding hydrogens is 292 g/mol. The minimum absolute atomic E-state index is 0.0923. The monoisotopic (exact) mass is 312 g/mol. The third kappa shape index (κ3) is 3.04. The lowest BCUT2D eigenvalue weighted by atomic mass is 9.78. The van der Waals surface area contributed by atoms with Crippen molar-refractivity contribution in [3.05, 3.63) is 65.7 Å². The van der Waals surface area contributed by atoms with Crippen LogP contribution in [-0.4, -0.2) is 16.9 Å². The number of benzene rings is 2. The van der Waals surface area contributed by atoms with E-state index >= 15 is 0 Å². The summed E-state index contributed by atoms with van der Waals surface area (Å²) in [5, 5.41) is 12.6. The lowest BCUT2D eigenvalue weighted by Crippen LogP contribution is -2.58. The average Bonchev–Trinajstić information content (AvgIpc) is 2.53. The first-order valence-electron chi connectivity index (χ1n) is 7.35. The van der Waals surface area contributed by atoms with Crippen LogP contribution >= 0.6 is 0 Å². The maximum Gasteiger partial charge on any atom is 0.256 e. The summed E-state index contributed by atoms with van der Waals surface area (Å²) in [7, 11) is 0. The van der Waals surface area contributed by atoms with Crippen LogP contribution in [0.5, 0.6) is 5.75 Å². The molecule has 0 saturated heterocycles. The highest BCUT2D eigenvalue weighted by Crippen LogP contribution is 2.30. The van der Waals surface area contributed by atoms with Crippen LogP contribution in [0.2, 0.25) is 0 Å². The van der Waals surface area contributed by atoms with Crippen LogP contribution in [0.15, 0.2) is 54.6 Å². The highest BCUT2D eigenvalue weighted by molar-refractivity contribution is 6.01. The summed E-state index contributed by atoms with van der Waals surface area (Å²) in [5.74, 6) is -1.64. The van der Waals surface area contributed by atoms with E-state index in [-0.39, 0.29) is 17.2 Å². The minimum Gasteiger partial charge on any atom is -0.507 e. The van der Waals surface area contributed by atoms with Crippen molar-refractivity contribution < 1.29 is 14.7 Å². The van der Waals surface area contributed by atoms with Crippen LogP contribution in [0.1, 0.15) is 29.8 Å². The van der Waals surface area contributed by atoms with E-state index in [4.69, 9.17) is 5.73 Å². The van der Waals surface area contributed by atoms with Crippen molar-refractivity contribution in [2.45, 2.75) is 19.4 Å².